The van der Waals surface area contributed by atoms with E-state index in [1.807, 2.05) is 0 Å². The van der Waals surface area contributed by atoms with Crippen LogP contribution in [-0.4, -0.2) is 86.3 Å². The Hall–Kier alpha value is -3.09. The SMILES string of the molecule is C=CCn1c(=O)n(CC2CO2)c(=O)n(CC2CO2)c1=O.CC[Si](CC)(CC)CCCn1c(=O)n(CC2CO2)c(=O)n(CC2CO2)c1=O.[O]=[Pt]=[O]. The van der Waals surface area contributed by atoms with E-state index in [0.29, 0.717) is 33.0 Å². The number of hydrogen-bond acceptors (Lipinski definition) is 12. The number of hydrogen-bond donors (Lipinski definition) is 0. The minimum absolute atomic E-state index is 0.0645. The first-order chi connectivity index (χ1) is 24.0. The first-order valence-electron chi connectivity index (χ1n) is 16.8. The summed E-state index contributed by atoms with van der Waals surface area (Å²) in [6, 6.07) is 4.75. The average molecular weight is 906 g/mol. The van der Waals surface area contributed by atoms with Crippen LogP contribution in [0.15, 0.2) is 41.4 Å². The summed E-state index contributed by atoms with van der Waals surface area (Å²) in [4.78, 5) is 75.0. The van der Waals surface area contributed by atoms with Gasteiger partial charge in [0.1, 0.15) is 0 Å². The van der Waals surface area contributed by atoms with Crippen LogP contribution in [0, 0.1) is 0 Å². The van der Waals surface area contributed by atoms with Crippen LogP contribution in [0.3, 0.4) is 0 Å². The van der Waals surface area contributed by atoms with Gasteiger partial charge in [-0.2, -0.15) is 0 Å². The molecule has 0 radical (unpaired) electrons. The number of nitrogens with zero attached hydrogens (tertiary/aromatic N) is 6. The van der Waals surface area contributed by atoms with Gasteiger partial charge in [0.25, 0.3) is 0 Å². The van der Waals surface area contributed by atoms with Crippen LogP contribution in [0.25, 0.3) is 0 Å². The van der Waals surface area contributed by atoms with Crippen molar-refractivity contribution in [3.8, 4) is 0 Å². The van der Waals surface area contributed by atoms with Gasteiger partial charge in [-0.25, -0.2) is 56.2 Å². The van der Waals surface area contributed by atoms with Crippen molar-refractivity contribution in [3.05, 3.63) is 75.6 Å². The van der Waals surface area contributed by atoms with Gasteiger partial charge in [0.2, 0.25) is 0 Å². The van der Waals surface area contributed by atoms with Crippen molar-refractivity contribution < 1.29 is 44.2 Å². The van der Waals surface area contributed by atoms with Crippen LogP contribution < -0.4 is 34.1 Å². The molecule has 4 aliphatic heterocycles. The Labute approximate surface area is 296 Å². The zero-order chi connectivity index (χ0) is 36.6. The zero-order valence-electron chi connectivity index (χ0n) is 28.6. The first-order valence-corrected chi connectivity index (χ1v) is 21.5. The molecule has 0 amide bonds. The van der Waals surface area contributed by atoms with Gasteiger partial charge in [-0.05, 0) is 6.42 Å². The molecule has 0 bridgehead atoms. The molecular weight excluding hydrogens is 860 g/mol. The Bertz CT molecular complexity index is 1790. The second-order valence-electron chi connectivity index (χ2n) is 12.7. The molecule has 282 valence electrons. The van der Waals surface area contributed by atoms with E-state index in [2.05, 4.69) is 27.4 Å². The third-order valence-corrected chi connectivity index (χ3v) is 15.5. The van der Waals surface area contributed by atoms with Gasteiger partial charge >= 0.3 is 59.4 Å². The second kappa shape index (κ2) is 17.9. The molecule has 50 heavy (non-hydrogen) atoms. The van der Waals surface area contributed by atoms with Gasteiger partial charge in [-0.3, -0.25) is 0 Å². The number of epoxide rings is 4. The fraction of sp³-hybridized carbons (Fsp3) is 0.733. The summed E-state index contributed by atoms with van der Waals surface area (Å²) < 4.78 is 44.1. The Morgan fingerprint density at radius 3 is 1.14 bits per heavy atom. The summed E-state index contributed by atoms with van der Waals surface area (Å²) in [6.45, 7) is 13.6. The molecule has 4 atom stereocenters. The van der Waals surface area contributed by atoms with E-state index in [0.717, 1.165) is 35.3 Å². The van der Waals surface area contributed by atoms with Gasteiger partial charge in [0, 0.05) is 6.54 Å². The summed E-state index contributed by atoms with van der Waals surface area (Å²) in [6.07, 6.45) is 1.79. The van der Waals surface area contributed by atoms with Gasteiger partial charge in [-0.15, -0.1) is 6.58 Å². The van der Waals surface area contributed by atoms with E-state index in [9.17, 15) is 28.8 Å². The fourth-order valence-corrected chi connectivity index (χ4v) is 9.34. The number of allylic oxidation sites excluding steroid dienone is 1. The molecule has 0 spiro atoms. The zero-order valence-corrected chi connectivity index (χ0v) is 31.9. The number of aromatic nitrogens is 6. The standard InChI is InChI=1S/C18H31N3O5Si.C12H15N3O5.2O.Pt/c1-4-27(5-2,6-3)9-7-8-19-16(22)20(10-14-12-25-14)18(24)21(17(19)23)11-15-13-26-15;1-2-3-13-10(16)14(4-8-6-19-8)12(18)15(11(13)17)5-9-7-20-9;;;/h14-15H,4-13H2,1-3H3;2,8-9H,1,3-7H2;;;. The Morgan fingerprint density at radius 2 is 0.880 bits per heavy atom. The predicted octanol–water partition coefficient (Wildman–Crippen LogP) is -1.22. The molecule has 18 nitrogen and oxygen atoms in total. The van der Waals surface area contributed by atoms with Crippen LogP contribution >= 0.6 is 0 Å². The van der Waals surface area contributed by atoms with Crippen LogP contribution in [-0.2, 0) is 83.5 Å². The predicted molar refractivity (Wildman–Crippen MR) is 176 cm³/mol. The monoisotopic (exact) mass is 905 g/mol. The van der Waals surface area contributed by atoms with Crippen molar-refractivity contribution in [1.29, 1.82) is 0 Å². The van der Waals surface area contributed by atoms with Gasteiger partial charge in [0.15, 0.2) is 0 Å². The molecule has 0 aliphatic carbocycles. The van der Waals surface area contributed by atoms with Crippen molar-refractivity contribution in [3.63, 3.8) is 0 Å². The quantitative estimate of drug-likeness (QED) is 0.104. The maximum atomic E-state index is 12.8. The molecule has 4 saturated heterocycles. The summed E-state index contributed by atoms with van der Waals surface area (Å²) in [5.74, 6) is 0. The molecule has 4 aliphatic rings. The van der Waals surface area contributed by atoms with Crippen LogP contribution in [0.5, 0.6) is 0 Å². The van der Waals surface area contributed by atoms with E-state index in [-0.39, 0.29) is 57.1 Å². The topological polar surface area (TPSA) is 216 Å². The summed E-state index contributed by atoms with van der Waals surface area (Å²) in [7, 11) is -1.31. The molecule has 20 heteroatoms. The van der Waals surface area contributed by atoms with Crippen molar-refractivity contribution in [2.24, 2.45) is 0 Å². The average Bonchev–Trinajstić information content (AvgIpc) is 3.91. The van der Waals surface area contributed by atoms with Crippen LogP contribution in [0.2, 0.25) is 24.2 Å². The molecule has 6 rings (SSSR count). The molecule has 0 N–H and O–H groups in total. The van der Waals surface area contributed by atoms with Crippen LogP contribution in [0.1, 0.15) is 27.2 Å². The Kier molecular flexibility index (Phi) is 14.2. The minimum atomic E-state index is -1.92. The van der Waals surface area contributed by atoms with E-state index < -0.39 is 60.7 Å². The van der Waals surface area contributed by atoms with Gasteiger partial charge in [0.05, 0.1) is 91.6 Å². The second-order valence-corrected chi connectivity index (χ2v) is 18.7. The molecule has 6 heterocycles. The first kappa shape index (κ1) is 39.7. The molecular formula is C30H46N6O12PtSi. The Morgan fingerprint density at radius 1 is 0.600 bits per heavy atom. The van der Waals surface area contributed by atoms with Crippen molar-refractivity contribution in [1.82, 2.24) is 27.4 Å². The fourth-order valence-electron chi connectivity index (χ4n) is 5.87. The normalized spacial score (nSPS) is 21.4. The number of ether oxygens (including phenoxy) is 4. The summed E-state index contributed by atoms with van der Waals surface area (Å²) >= 11 is -1.92. The molecule has 0 saturated carbocycles. The summed E-state index contributed by atoms with van der Waals surface area (Å²) in [5.41, 5.74) is -3.42. The molecule has 4 unspecified atom stereocenters. The third-order valence-electron chi connectivity index (χ3n) is 9.58. The van der Waals surface area contributed by atoms with Crippen molar-refractivity contribution in [2.45, 2.75) is 115 Å². The van der Waals surface area contributed by atoms with E-state index in [1.165, 1.54) is 28.8 Å². The molecule has 2 aromatic heterocycles. The van der Waals surface area contributed by atoms with E-state index in [4.69, 9.17) is 25.7 Å². The summed E-state index contributed by atoms with van der Waals surface area (Å²) in [5, 5.41) is 0. The third kappa shape index (κ3) is 10.2. The maximum absolute atomic E-state index is 12.8. The van der Waals surface area contributed by atoms with Gasteiger partial charge < -0.3 is 18.9 Å². The molecule has 4 fully saturated rings. The molecule has 2 aromatic rings. The van der Waals surface area contributed by atoms with Gasteiger partial charge in [-0.1, -0.05) is 51.0 Å². The van der Waals surface area contributed by atoms with Crippen LogP contribution in [0.4, 0.5) is 0 Å². The van der Waals surface area contributed by atoms with Crippen molar-refractivity contribution >= 4 is 8.07 Å². The Balaban J connectivity index is 0.000000216. The molecule has 0 aromatic carbocycles. The van der Waals surface area contributed by atoms with Crippen molar-refractivity contribution in [2.75, 3.05) is 26.4 Å². The number of rotatable bonds is 17. The van der Waals surface area contributed by atoms with E-state index >= 15 is 0 Å². The van der Waals surface area contributed by atoms with E-state index in [1.54, 1.807) is 0 Å².